The second-order valence-electron chi connectivity index (χ2n) is 4.36. The van der Waals surface area contributed by atoms with Crippen molar-refractivity contribution < 1.29 is 19.5 Å². The van der Waals surface area contributed by atoms with Gasteiger partial charge < -0.3 is 15.3 Å². The standard InChI is InChI=1S/C11H18N2O4/c1-3-7(11(16)17)5-12-10(15)8-4-9(14)13(2)6-8/h7-8H,3-6H2,1-2H3,(H,12,15)(H,16,17). The van der Waals surface area contributed by atoms with Gasteiger partial charge in [0, 0.05) is 26.6 Å². The highest BCUT2D eigenvalue weighted by molar-refractivity contribution is 5.89. The fourth-order valence-corrected chi connectivity index (χ4v) is 1.81. The van der Waals surface area contributed by atoms with Gasteiger partial charge >= 0.3 is 5.97 Å². The quantitative estimate of drug-likeness (QED) is 0.692. The molecule has 0 radical (unpaired) electrons. The molecule has 1 heterocycles. The maximum atomic E-state index is 11.7. The summed E-state index contributed by atoms with van der Waals surface area (Å²) in [5, 5.41) is 11.4. The number of hydrogen-bond acceptors (Lipinski definition) is 3. The number of carbonyl (C=O) groups is 3. The van der Waals surface area contributed by atoms with Crippen LogP contribution in [0.15, 0.2) is 0 Å². The van der Waals surface area contributed by atoms with Crippen LogP contribution in [0.4, 0.5) is 0 Å². The average molecular weight is 242 g/mol. The molecule has 2 amide bonds. The lowest BCUT2D eigenvalue weighted by molar-refractivity contribution is -0.142. The van der Waals surface area contributed by atoms with E-state index in [2.05, 4.69) is 5.32 Å². The van der Waals surface area contributed by atoms with E-state index in [9.17, 15) is 14.4 Å². The largest absolute Gasteiger partial charge is 0.481 e. The van der Waals surface area contributed by atoms with E-state index in [0.29, 0.717) is 13.0 Å². The molecule has 1 aliphatic heterocycles. The fraction of sp³-hybridized carbons (Fsp3) is 0.727. The molecule has 2 unspecified atom stereocenters. The topological polar surface area (TPSA) is 86.7 Å². The molecular formula is C11H18N2O4. The highest BCUT2D eigenvalue weighted by Gasteiger charge is 2.32. The van der Waals surface area contributed by atoms with Crippen molar-refractivity contribution in [3.63, 3.8) is 0 Å². The first kappa shape index (κ1) is 13.5. The van der Waals surface area contributed by atoms with Gasteiger partial charge in [0.05, 0.1) is 11.8 Å². The summed E-state index contributed by atoms with van der Waals surface area (Å²) in [6.45, 7) is 2.30. The van der Waals surface area contributed by atoms with Crippen molar-refractivity contribution in [2.75, 3.05) is 20.1 Å². The number of nitrogens with zero attached hydrogens (tertiary/aromatic N) is 1. The van der Waals surface area contributed by atoms with E-state index in [-0.39, 0.29) is 30.7 Å². The van der Waals surface area contributed by atoms with E-state index in [4.69, 9.17) is 5.11 Å². The fourth-order valence-electron chi connectivity index (χ4n) is 1.81. The number of hydrogen-bond donors (Lipinski definition) is 2. The molecule has 0 aromatic heterocycles. The van der Waals surface area contributed by atoms with Gasteiger partial charge in [0.15, 0.2) is 0 Å². The second-order valence-corrected chi connectivity index (χ2v) is 4.36. The van der Waals surface area contributed by atoms with Gasteiger partial charge in [-0.3, -0.25) is 14.4 Å². The average Bonchev–Trinajstić information content (AvgIpc) is 2.59. The third-order valence-electron chi connectivity index (χ3n) is 3.08. The first-order valence-electron chi connectivity index (χ1n) is 5.70. The number of carbonyl (C=O) groups excluding carboxylic acids is 2. The summed E-state index contributed by atoms with van der Waals surface area (Å²) in [6.07, 6.45) is 0.686. The lowest BCUT2D eigenvalue weighted by Crippen LogP contribution is -2.37. The monoisotopic (exact) mass is 242 g/mol. The molecule has 6 heteroatoms. The van der Waals surface area contributed by atoms with Crippen molar-refractivity contribution >= 4 is 17.8 Å². The zero-order valence-electron chi connectivity index (χ0n) is 10.1. The van der Waals surface area contributed by atoms with E-state index in [0.717, 1.165) is 0 Å². The summed E-state index contributed by atoms with van der Waals surface area (Å²) >= 11 is 0. The zero-order chi connectivity index (χ0) is 13.0. The molecule has 1 rings (SSSR count). The van der Waals surface area contributed by atoms with Gasteiger partial charge in [-0.2, -0.15) is 0 Å². The maximum Gasteiger partial charge on any atom is 0.308 e. The van der Waals surface area contributed by atoms with Crippen molar-refractivity contribution in [3.8, 4) is 0 Å². The minimum atomic E-state index is -0.910. The Labute approximate surface area is 100.0 Å². The summed E-state index contributed by atoms with van der Waals surface area (Å²) in [7, 11) is 1.65. The molecule has 6 nitrogen and oxygen atoms in total. The smallest absolute Gasteiger partial charge is 0.308 e. The molecule has 2 atom stereocenters. The Morgan fingerprint density at radius 2 is 2.24 bits per heavy atom. The summed E-state index contributed by atoms with van der Waals surface area (Å²) in [6, 6.07) is 0. The van der Waals surface area contributed by atoms with Crippen LogP contribution in [-0.2, 0) is 14.4 Å². The van der Waals surface area contributed by atoms with E-state index in [1.54, 1.807) is 14.0 Å². The number of carboxylic acids is 1. The maximum absolute atomic E-state index is 11.7. The Bertz CT molecular complexity index is 329. The molecule has 2 N–H and O–H groups in total. The summed E-state index contributed by atoms with van der Waals surface area (Å²) in [5.74, 6) is -2.10. The number of amides is 2. The molecule has 0 saturated carbocycles. The van der Waals surface area contributed by atoms with E-state index >= 15 is 0 Å². The number of nitrogens with one attached hydrogen (secondary N) is 1. The minimum Gasteiger partial charge on any atom is -0.481 e. The van der Waals surface area contributed by atoms with Gasteiger partial charge in [-0.05, 0) is 6.42 Å². The molecule has 0 aromatic carbocycles. The second kappa shape index (κ2) is 5.65. The van der Waals surface area contributed by atoms with Gasteiger partial charge in [-0.1, -0.05) is 6.92 Å². The van der Waals surface area contributed by atoms with Crippen LogP contribution >= 0.6 is 0 Å². The van der Waals surface area contributed by atoms with Crippen LogP contribution in [0.3, 0.4) is 0 Å². The third-order valence-corrected chi connectivity index (χ3v) is 3.08. The van der Waals surface area contributed by atoms with Crippen LogP contribution in [0, 0.1) is 11.8 Å². The predicted molar refractivity (Wildman–Crippen MR) is 60.2 cm³/mol. The van der Waals surface area contributed by atoms with Crippen LogP contribution in [0.5, 0.6) is 0 Å². The van der Waals surface area contributed by atoms with Crippen LogP contribution in [0.2, 0.25) is 0 Å². The Balaban J connectivity index is 2.40. The first-order valence-corrected chi connectivity index (χ1v) is 5.70. The normalized spacial score (nSPS) is 21.4. The zero-order valence-corrected chi connectivity index (χ0v) is 10.1. The Morgan fingerprint density at radius 1 is 1.59 bits per heavy atom. The summed E-state index contributed by atoms with van der Waals surface area (Å²) < 4.78 is 0. The lowest BCUT2D eigenvalue weighted by atomic mass is 10.1. The first-order chi connectivity index (χ1) is 7.95. The molecule has 0 aliphatic carbocycles. The van der Waals surface area contributed by atoms with Crippen molar-refractivity contribution in [2.45, 2.75) is 19.8 Å². The van der Waals surface area contributed by atoms with Crippen molar-refractivity contribution in [1.82, 2.24) is 10.2 Å². The van der Waals surface area contributed by atoms with E-state index in [1.807, 2.05) is 0 Å². The van der Waals surface area contributed by atoms with Crippen LogP contribution in [-0.4, -0.2) is 47.9 Å². The molecule has 0 spiro atoms. The number of aliphatic carboxylic acids is 1. The SMILES string of the molecule is CCC(CNC(=O)C1CC(=O)N(C)C1)C(=O)O. The molecule has 1 fully saturated rings. The summed E-state index contributed by atoms with van der Waals surface area (Å²) in [4.78, 5) is 35.2. The van der Waals surface area contributed by atoms with E-state index in [1.165, 1.54) is 4.90 Å². The summed E-state index contributed by atoms with van der Waals surface area (Å²) in [5.41, 5.74) is 0. The molecule has 1 saturated heterocycles. The van der Waals surface area contributed by atoms with Gasteiger partial charge in [-0.15, -0.1) is 0 Å². The van der Waals surface area contributed by atoms with E-state index < -0.39 is 11.9 Å². The van der Waals surface area contributed by atoms with Gasteiger partial charge in [0.2, 0.25) is 11.8 Å². The molecule has 0 bridgehead atoms. The van der Waals surface area contributed by atoms with Crippen LogP contribution < -0.4 is 5.32 Å². The highest BCUT2D eigenvalue weighted by atomic mass is 16.4. The van der Waals surface area contributed by atoms with Gasteiger partial charge in [-0.25, -0.2) is 0 Å². The molecule has 1 aliphatic rings. The Kier molecular flexibility index (Phi) is 4.48. The number of likely N-dealkylation sites (tertiary alicyclic amines) is 1. The van der Waals surface area contributed by atoms with Crippen LogP contribution in [0.25, 0.3) is 0 Å². The highest BCUT2D eigenvalue weighted by Crippen LogP contribution is 2.16. The minimum absolute atomic E-state index is 0.0459. The van der Waals surface area contributed by atoms with Crippen molar-refractivity contribution in [2.24, 2.45) is 11.8 Å². The molecule has 17 heavy (non-hydrogen) atoms. The Morgan fingerprint density at radius 3 is 2.65 bits per heavy atom. The molecule has 96 valence electrons. The predicted octanol–water partition coefficient (Wildman–Crippen LogP) is -0.308. The number of carboxylic acid groups (broad SMARTS) is 1. The van der Waals surface area contributed by atoms with Gasteiger partial charge in [0.1, 0.15) is 0 Å². The lowest BCUT2D eigenvalue weighted by Gasteiger charge is -2.14. The molecule has 0 aromatic rings. The molecular weight excluding hydrogens is 224 g/mol. The van der Waals surface area contributed by atoms with Crippen molar-refractivity contribution in [3.05, 3.63) is 0 Å². The number of rotatable bonds is 5. The Hall–Kier alpha value is -1.59. The van der Waals surface area contributed by atoms with Gasteiger partial charge in [0.25, 0.3) is 0 Å². The third kappa shape index (κ3) is 3.44. The van der Waals surface area contributed by atoms with Crippen LogP contribution in [0.1, 0.15) is 19.8 Å². The van der Waals surface area contributed by atoms with Crippen molar-refractivity contribution in [1.29, 1.82) is 0 Å².